The minimum atomic E-state index is 0.231. The molecule has 4 rings (SSSR count). The third kappa shape index (κ3) is 4.12. The molecule has 6 nitrogen and oxygen atoms in total. The number of nitrogens with zero attached hydrogens (tertiary/aromatic N) is 2. The van der Waals surface area contributed by atoms with E-state index in [1.54, 1.807) is 0 Å². The molecule has 3 aromatic rings. The minimum Gasteiger partial charge on any atom is -0.454 e. The number of hydrogen-bond acceptors (Lipinski definition) is 4. The summed E-state index contributed by atoms with van der Waals surface area (Å²) in [6, 6.07) is 11.0. The van der Waals surface area contributed by atoms with E-state index in [0.717, 1.165) is 34.1 Å². The highest BCUT2D eigenvalue weighted by atomic mass is 35.5. The van der Waals surface area contributed by atoms with E-state index < -0.39 is 0 Å². The summed E-state index contributed by atoms with van der Waals surface area (Å²) in [6.45, 7) is 4.59. The number of halogens is 2. The summed E-state index contributed by atoms with van der Waals surface area (Å²) < 4.78 is 12.6. The Balaban J connectivity index is 1.50. The molecule has 0 saturated carbocycles. The monoisotopic (exact) mass is 448 g/mol. The molecule has 29 heavy (non-hydrogen) atoms. The van der Waals surface area contributed by atoms with E-state index in [1.165, 1.54) is 0 Å². The molecular formula is C20H18Cl2N4O2S. The van der Waals surface area contributed by atoms with Gasteiger partial charge in [-0.1, -0.05) is 29.3 Å². The molecule has 0 fully saturated rings. The van der Waals surface area contributed by atoms with Gasteiger partial charge in [-0.25, -0.2) is 0 Å². The molecule has 150 valence electrons. The second-order valence-electron chi connectivity index (χ2n) is 6.55. The van der Waals surface area contributed by atoms with Crippen molar-refractivity contribution in [1.29, 1.82) is 0 Å². The van der Waals surface area contributed by atoms with Crippen molar-refractivity contribution in [3.05, 3.63) is 63.4 Å². The van der Waals surface area contributed by atoms with Crippen molar-refractivity contribution in [2.24, 2.45) is 0 Å². The Bertz CT molecular complexity index is 1080. The average Bonchev–Trinajstić information content (AvgIpc) is 3.24. The fourth-order valence-corrected chi connectivity index (χ4v) is 3.85. The summed E-state index contributed by atoms with van der Waals surface area (Å²) in [6.07, 6.45) is 0. The van der Waals surface area contributed by atoms with Gasteiger partial charge < -0.3 is 20.1 Å². The summed E-state index contributed by atoms with van der Waals surface area (Å²) in [5.74, 6) is 1.41. The second-order valence-corrected chi connectivity index (χ2v) is 7.77. The van der Waals surface area contributed by atoms with Gasteiger partial charge >= 0.3 is 0 Å². The molecule has 2 N–H and O–H groups in total. The number of fused-ring (bicyclic) bond motifs is 1. The number of nitrogens with one attached hydrogen (secondary N) is 2. The van der Waals surface area contributed by atoms with Gasteiger partial charge in [0.15, 0.2) is 16.6 Å². The fourth-order valence-electron chi connectivity index (χ4n) is 3.12. The van der Waals surface area contributed by atoms with Crippen molar-refractivity contribution in [1.82, 2.24) is 9.78 Å². The summed E-state index contributed by atoms with van der Waals surface area (Å²) in [7, 11) is 0. The average molecular weight is 449 g/mol. The summed E-state index contributed by atoms with van der Waals surface area (Å²) in [5.41, 5.74) is 4.21. The second kappa shape index (κ2) is 8.10. The van der Waals surface area contributed by atoms with Gasteiger partial charge in [0, 0.05) is 27.4 Å². The number of thiocarbonyl (C=S) groups is 1. The summed E-state index contributed by atoms with van der Waals surface area (Å²) >= 11 is 18.1. The Morgan fingerprint density at radius 2 is 1.83 bits per heavy atom. The fraction of sp³-hybridized carbons (Fsp3) is 0.200. The predicted molar refractivity (Wildman–Crippen MR) is 120 cm³/mol. The number of aryl methyl sites for hydroxylation is 1. The molecule has 0 aliphatic carbocycles. The zero-order valence-corrected chi connectivity index (χ0v) is 18.1. The van der Waals surface area contributed by atoms with Crippen LogP contribution >= 0.6 is 35.4 Å². The van der Waals surface area contributed by atoms with Gasteiger partial charge in [-0.15, -0.1) is 0 Å². The van der Waals surface area contributed by atoms with Gasteiger partial charge in [-0.2, -0.15) is 5.10 Å². The van der Waals surface area contributed by atoms with Gasteiger partial charge in [0.1, 0.15) is 0 Å². The lowest BCUT2D eigenvalue weighted by Gasteiger charge is -2.12. The molecule has 1 aromatic heterocycles. The van der Waals surface area contributed by atoms with Crippen LogP contribution in [0.15, 0.2) is 36.4 Å². The Morgan fingerprint density at radius 1 is 1.10 bits per heavy atom. The van der Waals surface area contributed by atoms with Crippen LogP contribution in [-0.4, -0.2) is 21.7 Å². The number of hydrogen-bond donors (Lipinski definition) is 2. The van der Waals surface area contributed by atoms with Crippen LogP contribution in [-0.2, 0) is 6.54 Å². The third-order valence-electron chi connectivity index (χ3n) is 4.62. The maximum atomic E-state index is 6.30. The van der Waals surface area contributed by atoms with E-state index in [1.807, 2.05) is 54.9 Å². The molecule has 0 saturated heterocycles. The van der Waals surface area contributed by atoms with Gasteiger partial charge in [-0.05, 0) is 50.3 Å². The molecule has 1 aliphatic heterocycles. The SMILES string of the molecule is Cc1nn(Cc2c(Cl)cccc2Cl)c(C)c1NC(=S)Nc1ccc2c(c1)OCO2. The Morgan fingerprint density at radius 3 is 2.59 bits per heavy atom. The van der Waals surface area contributed by atoms with Crippen molar-refractivity contribution in [2.75, 3.05) is 17.4 Å². The summed E-state index contributed by atoms with van der Waals surface area (Å²) in [5, 5.41) is 12.7. The highest BCUT2D eigenvalue weighted by molar-refractivity contribution is 7.80. The Kier molecular flexibility index (Phi) is 5.54. The third-order valence-corrected chi connectivity index (χ3v) is 5.53. The van der Waals surface area contributed by atoms with Crippen LogP contribution in [0.1, 0.15) is 17.0 Å². The zero-order valence-electron chi connectivity index (χ0n) is 15.8. The molecule has 2 heterocycles. The van der Waals surface area contributed by atoms with Crippen molar-refractivity contribution >= 4 is 51.9 Å². The molecule has 9 heteroatoms. The van der Waals surface area contributed by atoms with E-state index in [-0.39, 0.29) is 6.79 Å². The normalized spacial score (nSPS) is 12.1. The van der Waals surface area contributed by atoms with Crippen LogP contribution < -0.4 is 20.1 Å². The first kappa shape index (κ1) is 19.8. The zero-order chi connectivity index (χ0) is 20.5. The van der Waals surface area contributed by atoms with Gasteiger partial charge in [0.2, 0.25) is 6.79 Å². The molecule has 0 spiro atoms. The highest BCUT2D eigenvalue weighted by Crippen LogP contribution is 2.34. The largest absolute Gasteiger partial charge is 0.454 e. The van der Waals surface area contributed by atoms with Crippen LogP contribution in [0.2, 0.25) is 10.0 Å². The molecule has 0 atom stereocenters. The lowest BCUT2D eigenvalue weighted by Crippen LogP contribution is -2.20. The van der Waals surface area contributed by atoms with Gasteiger partial charge in [0.25, 0.3) is 0 Å². The first-order valence-corrected chi connectivity index (χ1v) is 10.0. The predicted octanol–water partition coefficient (Wildman–Crippen LogP) is 5.39. The number of benzene rings is 2. The van der Waals surface area contributed by atoms with E-state index >= 15 is 0 Å². The van der Waals surface area contributed by atoms with Crippen LogP contribution in [0.4, 0.5) is 11.4 Å². The Labute approximate surface area is 183 Å². The summed E-state index contributed by atoms with van der Waals surface area (Å²) in [4.78, 5) is 0. The van der Waals surface area contributed by atoms with Crippen molar-refractivity contribution in [2.45, 2.75) is 20.4 Å². The van der Waals surface area contributed by atoms with Crippen LogP contribution in [0.3, 0.4) is 0 Å². The minimum absolute atomic E-state index is 0.231. The maximum Gasteiger partial charge on any atom is 0.231 e. The van der Waals surface area contributed by atoms with E-state index in [4.69, 9.17) is 44.9 Å². The lowest BCUT2D eigenvalue weighted by molar-refractivity contribution is 0.174. The molecule has 0 bridgehead atoms. The number of ether oxygens (including phenoxy) is 2. The highest BCUT2D eigenvalue weighted by Gasteiger charge is 2.17. The molecular weight excluding hydrogens is 431 g/mol. The molecule has 0 radical (unpaired) electrons. The first-order valence-electron chi connectivity index (χ1n) is 8.87. The number of rotatable bonds is 4. The van der Waals surface area contributed by atoms with Gasteiger partial charge in [0.05, 0.1) is 23.6 Å². The smallest absolute Gasteiger partial charge is 0.231 e. The van der Waals surface area contributed by atoms with Crippen LogP contribution in [0, 0.1) is 13.8 Å². The van der Waals surface area contributed by atoms with Gasteiger partial charge in [-0.3, -0.25) is 4.68 Å². The maximum absolute atomic E-state index is 6.30. The van der Waals surface area contributed by atoms with Crippen LogP contribution in [0.5, 0.6) is 11.5 Å². The molecule has 0 amide bonds. The topological polar surface area (TPSA) is 60.3 Å². The van der Waals surface area contributed by atoms with E-state index in [9.17, 15) is 0 Å². The standard InChI is InChI=1S/C20H18Cl2N4O2S/c1-11-19(12(2)26(25-11)9-14-15(21)4-3-5-16(14)22)24-20(29)23-13-6-7-17-18(8-13)28-10-27-17/h3-8H,9-10H2,1-2H3,(H2,23,24,29). The van der Waals surface area contributed by atoms with Crippen molar-refractivity contribution in [3.8, 4) is 11.5 Å². The van der Waals surface area contributed by atoms with E-state index in [2.05, 4.69) is 15.7 Å². The van der Waals surface area contributed by atoms with Crippen LogP contribution in [0.25, 0.3) is 0 Å². The number of aromatic nitrogens is 2. The molecule has 2 aromatic carbocycles. The lowest BCUT2D eigenvalue weighted by atomic mass is 10.2. The Hall–Kier alpha value is -2.48. The van der Waals surface area contributed by atoms with Crippen molar-refractivity contribution < 1.29 is 9.47 Å². The molecule has 0 unspecified atom stereocenters. The van der Waals surface area contributed by atoms with Crippen molar-refractivity contribution in [3.63, 3.8) is 0 Å². The van der Waals surface area contributed by atoms with E-state index in [0.29, 0.717) is 27.5 Å². The quantitative estimate of drug-likeness (QED) is 0.521. The number of anilines is 2. The molecule has 1 aliphatic rings. The first-order chi connectivity index (χ1) is 13.9.